The predicted molar refractivity (Wildman–Crippen MR) is 69.8 cm³/mol. The maximum atomic E-state index is 5.55. The van der Waals surface area contributed by atoms with Crippen LogP contribution in [0.15, 0.2) is 12.3 Å². The first-order valence-electron chi connectivity index (χ1n) is 6.17. The highest BCUT2D eigenvalue weighted by Crippen LogP contribution is 1.98. The minimum absolute atomic E-state index is 0.315. The second kappa shape index (κ2) is 7.29. The van der Waals surface area contributed by atoms with Crippen LogP contribution in [-0.2, 0) is 11.3 Å². The molecule has 5 nitrogen and oxygen atoms in total. The monoisotopic (exact) mass is 240 g/mol. The Morgan fingerprint density at radius 3 is 2.82 bits per heavy atom. The molecule has 0 aliphatic carbocycles. The van der Waals surface area contributed by atoms with Crippen molar-refractivity contribution in [2.45, 2.75) is 32.9 Å². The molecular weight excluding hydrogens is 216 g/mol. The third kappa shape index (κ3) is 6.28. The highest BCUT2D eigenvalue weighted by atomic mass is 16.5. The van der Waals surface area contributed by atoms with E-state index in [0.717, 1.165) is 32.7 Å². The minimum atomic E-state index is 0.315. The summed E-state index contributed by atoms with van der Waals surface area (Å²) in [6.07, 6.45) is 3.30. The van der Waals surface area contributed by atoms with E-state index in [-0.39, 0.29) is 0 Å². The molecule has 0 aromatic carbocycles. The van der Waals surface area contributed by atoms with Gasteiger partial charge in [0.15, 0.2) is 0 Å². The third-order valence-electron chi connectivity index (χ3n) is 2.51. The Hall–Kier alpha value is -1.07. The van der Waals surface area contributed by atoms with E-state index < -0.39 is 0 Å². The first-order valence-corrected chi connectivity index (χ1v) is 6.17. The van der Waals surface area contributed by atoms with Crippen molar-refractivity contribution in [2.24, 2.45) is 0 Å². The summed E-state index contributed by atoms with van der Waals surface area (Å²) < 4.78 is 7.39. The molecule has 5 heteroatoms. The molecule has 1 heterocycles. The van der Waals surface area contributed by atoms with Crippen molar-refractivity contribution in [1.29, 1.82) is 0 Å². The van der Waals surface area contributed by atoms with Gasteiger partial charge in [0.1, 0.15) is 5.82 Å². The van der Waals surface area contributed by atoms with Crippen molar-refractivity contribution in [3.05, 3.63) is 12.3 Å². The molecule has 98 valence electrons. The van der Waals surface area contributed by atoms with Crippen LogP contribution in [0.5, 0.6) is 0 Å². The second-order valence-corrected chi connectivity index (χ2v) is 4.58. The summed E-state index contributed by atoms with van der Waals surface area (Å²) >= 11 is 0. The molecule has 0 saturated carbocycles. The van der Waals surface area contributed by atoms with Gasteiger partial charge in [0, 0.05) is 19.3 Å². The van der Waals surface area contributed by atoms with E-state index in [1.165, 1.54) is 0 Å². The van der Waals surface area contributed by atoms with E-state index in [9.17, 15) is 0 Å². The SMILES string of the molecule is CC(C)OCCN(C)CCCn1ccc(N)n1. The summed E-state index contributed by atoms with van der Waals surface area (Å²) in [4.78, 5) is 2.27. The van der Waals surface area contributed by atoms with Crippen LogP contribution in [0.1, 0.15) is 20.3 Å². The lowest BCUT2D eigenvalue weighted by molar-refractivity contribution is 0.0635. The number of nitrogen functional groups attached to an aromatic ring is 1. The zero-order valence-corrected chi connectivity index (χ0v) is 11.1. The van der Waals surface area contributed by atoms with Crippen molar-refractivity contribution in [2.75, 3.05) is 32.5 Å². The summed E-state index contributed by atoms with van der Waals surface area (Å²) in [5.74, 6) is 0.587. The van der Waals surface area contributed by atoms with Crippen molar-refractivity contribution in [3.63, 3.8) is 0 Å². The number of anilines is 1. The third-order valence-corrected chi connectivity index (χ3v) is 2.51. The van der Waals surface area contributed by atoms with E-state index in [4.69, 9.17) is 10.5 Å². The van der Waals surface area contributed by atoms with Gasteiger partial charge in [0.05, 0.1) is 12.7 Å². The fourth-order valence-electron chi connectivity index (χ4n) is 1.56. The lowest BCUT2D eigenvalue weighted by Crippen LogP contribution is -2.26. The van der Waals surface area contributed by atoms with Crippen LogP contribution in [0.2, 0.25) is 0 Å². The first-order chi connectivity index (χ1) is 8.08. The minimum Gasteiger partial charge on any atom is -0.382 e. The van der Waals surface area contributed by atoms with E-state index in [0.29, 0.717) is 11.9 Å². The molecular formula is C12H24N4O. The van der Waals surface area contributed by atoms with Gasteiger partial charge in [0.2, 0.25) is 0 Å². The largest absolute Gasteiger partial charge is 0.382 e. The summed E-state index contributed by atoms with van der Waals surface area (Å²) in [7, 11) is 2.11. The van der Waals surface area contributed by atoms with Crippen molar-refractivity contribution < 1.29 is 4.74 Å². The van der Waals surface area contributed by atoms with Crippen LogP contribution in [-0.4, -0.2) is 47.5 Å². The molecule has 0 aliphatic heterocycles. The fraction of sp³-hybridized carbons (Fsp3) is 0.750. The molecule has 0 bridgehead atoms. The Morgan fingerprint density at radius 1 is 1.47 bits per heavy atom. The summed E-state index contributed by atoms with van der Waals surface area (Å²) in [5, 5.41) is 4.14. The molecule has 2 N–H and O–H groups in total. The number of ether oxygens (including phenoxy) is 1. The molecule has 1 aromatic heterocycles. The molecule has 0 amide bonds. The van der Waals surface area contributed by atoms with Gasteiger partial charge in [-0.2, -0.15) is 5.10 Å². The Bertz CT molecular complexity index is 311. The molecule has 0 saturated heterocycles. The number of nitrogens with two attached hydrogens (primary N) is 1. The average Bonchev–Trinajstić information content (AvgIpc) is 2.63. The molecule has 0 radical (unpaired) electrons. The van der Waals surface area contributed by atoms with Crippen molar-refractivity contribution in [1.82, 2.24) is 14.7 Å². The zero-order chi connectivity index (χ0) is 12.7. The van der Waals surface area contributed by atoms with Crippen LogP contribution < -0.4 is 5.73 Å². The van der Waals surface area contributed by atoms with Crippen LogP contribution in [0.4, 0.5) is 5.82 Å². The molecule has 0 aliphatic rings. The highest BCUT2D eigenvalue weighted by Gasteiger charge is 2.00. The number of hydrogen-bond donors (Lipinski definition) is 1. The van der Waals surface area contributed by atoms with Gasteiger partial charge < -0.3 is 15.4 Å². The van der Waals surface area contributed by atoms with Gasteiger partial charge >= 0.3 is 0 Å². The van der Waals surface area contributed by atoms with Gasteiger partial charge in [0.25, 0.3) is 0 Å². The van der Waals surface area contributed by atoms with Gasteiger partial charge in [-0.25, -0.2) is 0 Å². The van der Waals surface area contributed by atoms with E-state index in [1.807, 2.05) is 16.9 Å². The lowest BCUT2D eigenvalue weighted by atomic mass is 10.4. The number of aryl methyl sites for hydroxylation is 1. The van der Waals surface area contributed by atoms with Crippen LogP contribution >= 0.6 is 0 Å². The van der Waals surface area contributed by atoms with Crippen molar-refractivity contribution >= 4 is 5.82 Å². The number of nitrogens with zero attached hydrogens (tertiary/aromatic N) is 3. The molecule has 0 unspecified atom stereocenters. The van der Waals surface area contributed by atoms with Gasteiger partial charge in [-0.3, -0.25) is 4.68 Å². The Morgan fingerprint density at radius 2 is 2.24 bits per heavy atom. The number of aromatic nitrogens is 2. The highest BCUT2D eigenvalue weighted by molar-refractivity contribution is 5.23. The van der Waals surface area contributed by atoms with E-state index in [1.54, 1.807) is 0 Å². The molecule has 17 heavy (non-hydrogen) atoms. The smallest absolute Gasteiger partial charge is 0.145 e. The molecule has 0 atom stereocenters. The second-order valence-electron chi connectivity index (χ2n) is 4.58. The first kappa shape index (κ1) is 14.0. The maximum Gasteiger partial charge on any atom is 0.145 e. The Kier molecular flexibility index (Phi) is 6.00. The Balaban J connectivity index is 2.05. The molecule has 0 fully saturated rings. The van der Waals surface area contributed by atoms with Gasteiger partial charge in [-0.05, 0) is 39.9 Å². The quantitative estimate of drug-likeness (QED) is 0.742. The molecule has 1 aromatic rings. The summed E-state index contributed by atoms with van der Waals surface area (Å²) in [6.45, 7) is 7.83. The number of hydrogen-bond acceptors (Lipinski definition) is 4. The fourth-order valence-corrected chi connectivity index (χ4v) is 1.56. The van der Waals surface area contributed by atoms with Gasteiger partial charge in [-0.1, -0.05) is 0 Å². The van der Waals surface area contributed by atoms with E-state index in [2.05, 4.69) is 30.9 Å². The lowest BCUT2D eigenvalue weighted by Gasteiger charge is -2.17. The van der Waals surface area contributed by atoms with Crippen LogP contribution in [0.3, 0.4) is 0 Å². The van der Waals surface area contributed by atoms with Crippen LogP contribution in [0, 0.1) is 0 Å². The number of rotatable bonds is 8. The standard InChI is InChI=1S/C12H24N4O/c1-11(2)17-10-9-15(3)6-4-7-16-8-5-12(13)14-16/h5,8,11H,4,6-7,9-10H2,1-3H3,(H2,13,14). The molecule has 1 rings (SSSR count). The summed E-state index contributed by atoms with van der Waals surface area (Å²) in [5.41, 5.74) is 5.55. The predicted octanol–water partition coefficient (Wildman–Crippen LogP) is 1.21. The normalized spacial score (nSPS) is 11.6. The zero-order valence-electron chi connectivity index (χ0n) is 11.1. The van der Waals surface area contributed by atoms with E-state index >= 15 is 0 Å². The van der Waals surface area contributed by atoms with Crippen LogP contribution in [0.25, 0.3) is 0 Å². The number of likely N-dealkylation sites (N-methyl/N-ethyl adjacent to an activating group) is 1. The van der Waals surface area contributed by atoms with Gasteiger partial charge in [-0.15, -0.1) is 0 Å². The molecule has 0 spiro atoms. The summed E-state index contributed by atoms with van der Waals surface area (Å²) in [6, 6.07) is 1.82. The Labute approximate surface area is 104 Å². The average molecular weight is 240 g/mol. The maximum absolute atomic E-state index is 5.55. The topological polar surface area (TPSA) is 56.3 Å². The van der Waals surface area contributed by atoms with Crippen molar-refractivity contribution in [3.8, 4) is 0 Å².